The topological polar surface area (TPSA) is 66.2 Å². The Bertz CT molecular complexity index is 990. The van der Waals surface area contributed by atoms with Gasteiger partial charge < -0.3 is 9.47 Å². The highest BCUT2D eigenvalue weighted by molar-refractivity contribution is 7.99. The standard InChI is InChI=1S/C23H27N3O3S/c1-6-29-19-13-11-18(12-14-19)26-21(24-25-22(26)30-15-20(27)28-5)16-7-9-17(10-8-16)23(2,3)4/h7-14H,6,15H2,1-5H3. The predicted molar refractivity (Wildman–Crippen MR) is 119 cm³/mol. The molecule has 0 saturated carbocycles. The van der Waals surface area contributed by atoms with Gasteiger partial charge in [-0.3, -0.25) is 9.36 Å². The van der Waals surface area contributed by atoms with Gasteiger partial charge in [-0.05, 0) is 42.2 Å². The summed E-state index contributed by atoms with van der Waals surface area (Å²) in [5.41, 5.74) is 3.17. The second kappa shape index (κ2) is 9.34. The van der Waals surface area contributed by atoms with Gasteiger partial charge in [-0.15, -0.1) is 10.2 Å². The fourth-order valence-corrected chi connectivity index (χ4v) is 3.73. The van der Waals surface area contributed by atoms with Crippen LogP contribution in [0.1, 0.15) is 33.3 Å². The number of methoxy groups -OCH3 is 1. The van der Waals surface area contributed by atoms with E-state index in [0.717, 1.165) is 17.0 Å². The zero-order valence-corrected chi connectivity index (χ0v) is 18.8. The molecule has 0 aliphatic carbocycles. The second-order valence-corrected chi connectivity index (χ2v) is 8.70. The van der Waals surface area contributed by atoms with Crippen LogP contribution in [0.15, 0.2) is 53.7 Å². The minimum absolute atomic E-state index is 0.0723. The van der Waals surface area contributed by atoms with Crippen LogP contribution >= 0.6 is 11.8 Å². The van der Waals surface area contributed by atoms with Crippen LogP contribution < -0.4 is 4.74 Å². The number of carbonyl (C=O) groups excluding carboxylic acids is 1. The molecule has 0 fully saturated rings. The Morgan fingerprint density at radius 2 is 1.70 bits per heavy atom. The summed E-state index contributed by atoms with van der Waals surface area (Å²) in [5.74, 6) is 1.37. The van der Waals surface area contributed by atoms with Crippen molar-refractivity contribution in [1.29, 1.82) is 0 Å². The van der Waals surface area contributed by atoms with E-state index in [1.165, 1.54) is 24.4 Å². The number of carbonyl (C=O) groups is 1. The molecule has 3 rings (SSSR count). The van der Waals surface area contributed by atoms with Crippen molar-refractivity contribution in [2.45, 2.75) is 38.3 Å². The van der Waals surface area contributed by atoms with Crippen LogP contribution in [0, 0.1) is 0 Å². The Balaban J connectivity index is 2.02. The van der Waals surface area contributed by atoms with E-state index >= 15 is 0 Å². The third-order valence-corrected chi connectivity index (χ3v) is 5.50. The smallest absolute Gasteiger partial charge is 0.316 e. The zero-order chi connectivity index (χ0) is 21.7. The van der Waals surface area contributed by atoms with Crippen LogP contribution in [0.4, 0.5) is 0 Å². The summed E-state index contributed by atoms with van der Waals surface area (Å²) in [6.45, 7) is 9.12. The predicted octanol–water partition coefficient (Wildman–Crippen LogP) is 4.90. The molecule has 0 N–H and O–H groups in total. The quantitative estimate of drug-likeness (QED) is 0.396. The SMILES string of the molecule is CCOc1ccc(-n2c(SCC(=O)OC)nnc2-c2ccc(C(C)(C)C)cc2)cc1. The van der Waals surface area contributed by atoms with E-state index in [-0.39, 0.29) is 17.1 Å². The number of hydrogen-bond donors (Lipinski definition) is 0. The Morgan fingerprint density at radius 3 is 2.27 bits per heavy atom. The number of aromatic nitrogens is 3. The van der Waals surface area contributed by atoms with Crippen molar-refractivity contribution in [3.63, 3.8) is 0 Å². The number of esters is 1. The molecule has 6 nitrogen and oxygen atoms in total. The van der Waals surface area contributed by atoms with Crippen LogP contribution in [0.2, 0.25) is 0 Å². The zero-order valence-electron chi connectivity index (χ0n) is 18.0. The number of benzene rings is 2. The molecule has 1 aromatic heterocycles. The Kier molecular flexibility index (Phi) is 6.82. The fraction of sp³-hybridized carbons (Fsp3) is 0.348. The number of nitrogens with zero attached hydrogens (tertiary/aromatic N) is 3. The lowest BCUT2D eigenvalue weighted by Crippen LogP contribution is -2.10. The molecule has 0 amide bonds. The largest absolute Gasteiger partial charge is 0.494 e. The van der Waals surface area contributed by atoms with Crippen molar-refractivity contribution in [1.82, 2.24) is 14.8 Å². The molecular weight excluding hydrogens is 398 g/mol. The molecular formula is C23H27N3O3S. The van der Waals surface area contributed by atoms with Crippen molar-refractivity contribution in [3.05, 3.63) is 54.1 Å². The summed E-state index contributed by atoms with van der Waals surface area (Å²) in [7, 11) is 1.38. The molecule has 0 atom stereocenters. The van der Waals surface area contributed by atoms with E-state index in [9.17, 15) is 4.79 Å². The molecule has 0 saturated heterocycles. The van der Waals surface area contributed by atoms with Gasteiger partial charge in [0.1, 0.15) is 5.75 Å². The minimum Gasteiger partial charge on any atom is -0.494 e. The van der Waals surface area contributed by atoms with Crippen LogP contribution in [0.5, 0.6) is 5.75 Å². The fourth-order valence-electron chi connectivity index (χ4n) is 2.94. The summed E-state index contributed by atoms with van der Waals surface area (Å²) in [6, 6.07) is 16.1. The number of thioether (sulfide) groups is 1. The highest BCUT2D eigenvalue weighted by atomic mass is 32.2. The number of hydrogen-bond acceptors (Lipinski definition) is 6. The van der Waals surface area contributed by atoms with Gasteiger partial charge in [-0.2, -0.15) is 0 Å². The maximum atomic E-state index is 11.6. The Hall–Kier alpha value is -2.80. The van der Waals surface area contributed by atoms with Crippen molar-refractivity contribution in [2.75, 3.05) is 19.5 Å². The van der Waals surface area contributed by atoms with E-state index in [4.69, 9.17) is 9.47 Å². The average Bonchev–Trinajstić information content (AvgIpc) is 3.16. The van der Waals surface area contributed by atoms with Gasteiger partial charge in [0, 0.05) is 11.3 Å². The van der Waals surface area contributed by atoms with E-state index in [1.807, 2.05) is 35.8 Å². The van der Waals surface area contributed by atoms with Gasteiger partial charge in [0.05, 0.1) is 19.5 Å². The van der Waals surface area contributed by atoms with Crippen molar-refractivity contribution in [2.24, 2.45) is 0 Å². The highest BCUT2D eigenvalue weighted by Crippen LogP contribution is 2.30. The van der Waals surface area contributed by atoms with Gasteiger partial charge in [0.15, 0.2) is 11.0 Å². The first kappa shape index (κ1) is 21.9. The maximum Gasteiger partial charge on any atom is 0.316 e. The summed E-state index contributed by atoms with van der Waals surface area (Å²) in [5, 5.41) is 9.39. The van der Waals surface area contributed by atoms with Crippen molar-refractivity contribution < 1.29 is 14.3 Å². The lowest BCUT2D eigenvalue weighted by atomic mass is 9.87. The van der Waals surface area contributed by atoms with Gasteiger partial charge in [0.2, 0.25) is 0 Å². The summed E-state index contributed by atoms with van der Waals surface area (Å²) in [6.07, 6.45) is 0. The minimum atomic E-state index is -0.308. The van der Waals surface area contributed by atoms with Gasteiger partial charge >= 0.3 is 5.97 Å². The van der Waals surface area contributed by atoms with Crippen LogP contribution in [0.3, 0.4) is 0 Å². The third-order valence-electron chi connectivity index (χ3n) is 4.60. The molecule has 1 heterocycles. The highest BCUT2D eigenvalue weighted by Gasteiger charge is 2.19. The van der Waals surface area contributed by atoms with Gasteiger partial charge in [-0.1, -0.05) is 56.8 Å². The van der Waals surface area contributed by atoms with E-state index in [2.05, 4.69) is 55.2 Å². The first-order valence-electron chi connectivity index (χ1n) is 9.82. The van der Waals surface area contributed by atoms with E-state index in [1.54, 1.807) is 0 Å². The molecule has 0 bridgehead atoms. The second-order valence-electron chi connectivity index (χ2n) is 7.76. The first-order valence-corrected chi connectivity index (χ1v) is 10.8. The number of rotatable bonds is 7. The molecule has 0 aliphatic heterocycles. The lowest BCUT2D eigenvalue weighted by molar-refractivity contribution is -0.137. The van der Waals surface area contributed by atoms with Gasteiger partial charge in [0.25, 0.3) is 0 Å². The summed E-state index contributed by atoms with van der Waals surface area (Å²) in [4.78, 5) is 11.6. The molecule has 2 aromatic carbocycles. The first-order chi connectivity index (χ1) is 14.3. The average molecular weight is 426 g/mol. The molecule has 3 aromatic rings. The third kappa shape index (κ3) is 5.02. The molecule has 0 unspecified atom stereocenters. The molecule has 158 valence electrons. The lowest BCUT2D eigenvalue weighted by Gasteiger charge is -2.19. The van der Waals surface area contributed by atoms with Crippen LogP contribution in [-0.4, -0.2) is 40.2 Å². The van der Waals surface area contributed by atoms with E-state index in [0.29, 0.717) is 17.6 Å². The summed E-state index contributed by atoms with van der Waals surface area (Å²) < 4.78 is 12.3. The van der Waals surface area contributed by atoms with Gasteiger partial charge in [-0.25, -0.2) is 0 Å². The Labute approximate surface area is 181 Å². The molecule has 0 spiro atoms. The van der Waals surface area contributed by atoms with E-state index < -0.39 is 0 Å². The molecule has 0 radical (unpaired) electrons. The Morgan fingerprint density at radius 1 is 1.03 bits per heavy atom. The van der Waals surface area contributed by atoms with Crippen LogP contribution in [-0.2, 0) is 14.9 Å². The molecule has 0 aliphatic rings. The molecule has 7 heteroatoms. The van der Waals surface area contributed by atoms with Crippen LogP contribution in [0.25, 0.3) is 17.1 Å². The molecule has 30 heavy (non-hydrogen) atoms. The monoisotopic (exact) mass is 425 g/mol. The van der Waals surface area contributed by atoms with Crippen molar-refractivity contribution in [3.8, 4) is 22.8 Å². The van der Waals surface area contributed by atoms with Crippen molar-refractivity contribution >= 4 is 17.7 Å². The summed E-state index contributed by atoms with van der Waals surface area (Å²) >= 11 is 1.30. The maximum absolute atomic E-state index is 11.6. The number of ether oxygens (including phenoxy) is 2. The normalized spacial score (nSPS) is 11.4.